The van der Waals surface area contributed by atoms with Gasteiger partial charge in [0.15, 0.2) is 0 Å². The summed E-state index contributed by atoms with van der Waals surface area (Å²) in [4.78, 5) is 11.1. The fourth-order valence-corrected chi connectivity index (χ4v) is 3.69. The molecule has 1 fully saturated rings. The SMILES string of the molecule is CC1CC(CC(C)(C)O)CC(C)([C@H](N)C(=O)O)C1. The minimum absolute atomic E-state index is 0.351. The van der Waals surface area contributed by atoms with Crippen LogP contribution in [-0.4, -0.2) is 27.8 Å². The van der Waals surface area contributed by atoms with Crippen LogP contribution in [0.3, 0.4) is 0 Å². The summed E-state index contributed by atoms with van der Waals surface area (Å²) in [7, 11) is 0. The van der Waals surface area contributed by atoms with Crippen molar-refractivity contribution < 1.29 is 15.0 Å². The highest BCUT2D eigenvalue weighted by Crippen LogP contribution is 2.46. The van der Waals surface area contributed by atoms with Crippen molar-refractivity contribution in [2.75, 3.05) is 0 Å². The van der Waals surface area contributed by atoms with Gasteiger partial charge in [0.25, 0.3) is 0 Å². The zero-order chi connectivity index (χ0) is 14.1. The number of carbonyl (C=O) groups is 1. The lowest BCUT2D eigenvalue weighted by Crippen LogP contribution is -2.49. The molecule has 4 N–H and O–H groups in total. The van der Waals surface area contributed by atoms with Crippen LogP contribution in [0.4, 0.5) is 0 Å². The molecule has 0 spiro atoms. The van der Waals surface area contributed by atoms with E-state index in [-0.39, 0.29) is 5.41 Å². The average Bonchev–Trinajstić information content (AvgIpc) is 2.11. The van der Waals surface area contributed by atoms with E-state index in [0.717, 1.165) is 19.3 Å². The smallest absolute Gasteiger partial charge is 0.321 e. The molecule has 3 unspecified atom stereocenters. The van der Waals surface area contributed by atoms with E-state index in [1.165, 1.54) is 0 Å². The molecule has 0 amide bonds. The van der Waals surface area contributed by atoms with E-state index in [9.17, 15) is 9.90 Å². The topological polar surface area (TPSA) is 83.5 Å². The molecule has 0 radical (unpaired) electrons. The summed E-state index contributed by atoms with van der Waals surface area (Å²) < 4.78 is 0. The minimum Gasteiger partial charge on any atom is -0.480 e. The van der Waals surface area contributed by atoms with E-state index in [0.29, 0.717) is 18.3 Å². The molecule has 0 aromatic rings. The van der Waals surface area contributed by atoms with Gasteiger partial charge in [0.05, 0.1) is 5.60 Å². The fraction of sp³-hybridized carbons (Fsp3) is 0.929. The van der Waals surface area contributed by atoms with Gasteiger partial charge in [0.2, 0.25) is 0 Å². The van der Waals surface area contributed by atoms with Crippen LogP contribution in [0.15, 0.2) is 0 Å². The third-order valence-electron chi connectivity index (χ3n) is 4.11. The second kappa shape index (κ2) is 5.17. The van der Waals surface area contributed by atoms with Crippen LogP contribution in [0.2, 0.25) is 0 Å². The number of aliphatic hydroxyl groups is 1. The predicted octanol–water partition coefficient (Wildman–Crippen LogP) is 2.00. The molecule has 18 heavy (non-hydrogen) atoms. The first kappa shape index (κ1) is 15.4. The molecule has 106 valence electrons. The Morgan fingerprint density at radius 1 is 1.50 bits per heavy atom. The molecule has 1 rings (SSSR count). The van der Waals surface area contributed by atoms with Crippen LogP contribution in [0, 0.1) is 17.3 Å². The Bertz CT molecular complexity index is 311. The Morgan fingerprint density at radius 3 is 2.50 bits per heavy atom. The fourth-order valence-electron chi connectivity index (χ4n) is 3.69. The van der Waals surface area contributed by atoms with Gasteiger partial charge in [-0.2, -0.15) is 0 Å². The van der Waals surface area contributed by atoms with Gasteiger partial charge in [-0.15, -0.1) is 0 Å². The first-order valence-electron chi connectivity index (χ1n) is 6.74. The molecular formula is C14H27NO3. The maximum atomic E-state index is 11.1. The molecule has 0 heterocycles. The molecule has 1 saturated carbocycles. The number of aliphatic carboxylic acids is 1. The van der Waals surface area contributed by atoms with E-state index in [2.05, 4.69) is 6.92 Å². The van der Waals surface area contributed by atoms with E-state index in [1.807, 2.05) is 6.92 Å². The average molecular weight is 257 g/mol. The monoisotopic (exact) mass is 257 g/mol. The van der Waals surface area contributed by atoms with E-state index >= 15 is 0 Å². The summed E-state index contributed by atoms with van der Waals surface area (Å²) in [5.41, 5.74) is 4.79. The second-order valence-electron chi connectivity index (χ2n) is 7.10. The van der Waals surface area contributed by atoms with Crippen LogP contribution in [0.5, 0.6) is 0 Å². The van der Waals surface area contributed by atoms with Gasteiger partial charge in [-0.1, -0.05) is 13.8 Å². The van der Waals surface area contributed by atoms with E-state index < -0.39 is 17.6 Å². The number of hydrogen-bond acceptors (Lipinski definition) is 3. The molecule has 0 aromatic carbocycles. The molecule has 0 aliphatic heterocycles. The Kier molecular flexibility index (Phi) is 4.44. The van der Waals surface area contributed by atoms with Crippen molar-refractivity contribution >= 4 is 5.97 Å². The van der Waals surface area contributed by atoms with Gasteiger partial charge in [-0.05, 0) is 56.8 Å². The van der Waals surface area contributed by atoms with Gasteiger partial charge in [-0.25, -0.2) is 0 Å². The van der Waals surface area contributed by atoms with Crippen LogP contribution >= 0.6 is 0 Å². The Hall–Kier alpha value is -0.610. The summed E-state index contributed by atoms with van der Waals surface area (Å²) in [6, 6.07) is -0.815. The van der Waals surface area contributed by atoms with Crippen LogP contribution < -0.4 is 5.73 Å². The summed E-state index contributed by atoms with van der Waals surface area (Å²) in [6.07, 6.45) is 3.39. The maximum Gasteiger partial charge on any atom is 0.321 e. The van der Waals surface area contributed by atoms with Crippen molar-refractivity contribution in [1.29, 1.82) is 0 Å². The normalized spacial score (nSPS) is 35.2. The van der Waals surface area contributed by atoms with Crippen molar-refractivity contribution in [3.63, 3.8) is 0 Å². The number of rotatable bonds is 4. The Balaban J connectivity index is 2.80. The highest BCUT2D eigenvalue weighted by Gasteiger charge is 2.43. The molecule has 1 aliphatic carbocycles. The van der Waals surface area contributed by atoms with Crippen LogP contribution in [0.1, 0.15) is 53.4 Å². The van der Waals surface area contributed by atoms with Gasteiger partial charge in [0, 0.05) is 0 Å². The molecule has 4 heteroatoms. The molecule has 0 bridgehead atoms. The second-order valence-corrected chi connectivity index (χ2v) is 7.10. The van der Waals surface area contributed by atoms with Crippen molar-refractivity contribution in [1.82, 2.24) is 0 Å². The van der Waals surface area contributed by atoms with Gasteiger partial charge >= 0.3 is 5.97 Å². The van der Waals surface area contributed by atoms with E-state index in [4.69, 9.17) is 10.8 Å². The summed E-state index contributed by atoms with van der Waals surface area (Å²) in [5, 5.41) is 19.1. The van der Waals surface area contributed by atoms with Gasteiger partial charge in [-0.3, -0.25) is 4.79 Å². The highest BCUT2D eigenvalue weighted by atomic mass is 16.4. The van der Waals surface area contributed by atoms with Crippen LogP contribution in [-0.2, 0) is 4.79 Å². The maximum absolute atomic E-state index is 11.1. The molecule has 0 saturated heterocycles. The molecule has 4 nitrogen and oxygen atoms in total. The first-order chi connectivity index (χ1) is 8.03. The Labute approximate surface area is 110 Å². The predicted molar refractivity (Wildman–Crippen MR) is 71.1 cm³/mol. The molecule has 1 aliphatic rings. The number of carboxylic acids is 1. The zero-order valence-corrected chi connectivity index (χ0v) is 11.9. The first-order valence-corrected chi connectivity index (χ1v) is 6.74. The summed E-state index contributed by atoms with van der Waals surface area (Å²) in [5.74, 6) is -0.112. The highest BCUT2D eigenvalue weighted by molar-refractivity contribution is 5.74. The molecule has 0 aromatic heterocycles. The number of hydrogen-bond donors (Lipinski definition) is 3. The lowest BCUT2D eigenvalue weighted by Gasteiger charge is -2.44. The number of nitrogens with two attached hydrogens (primary N) is 1. The summed E-state index contributed by atoms with van der Waals surface area (Å²) >= 11 is 0. The zero-order valence-electron chi connectivity index (χ0n) is 11.9. The lowest BCUT2D eigenvalue weighted by molar-refractivity contribution is -0.143. The standard InChI is InChI=1S/C14H27NO3/c1-9-5-10(7-13(2,3)18)8-14(4,6-9)11(15)12(16)17/h9-11,18H,5-8,15H2,1-4H3,(H,16,17)/t9?,10?,11-,14?/m1/s1. The third-order valence-corrected chi connectivity index (χ3v) is 4.11. The molecular weight excluding hydrogens is 230 g/mol. The van der Waals surface area contributed by atoms with Crippen molar-refractivity contribution in [3.05, 3.63) is 0 Å². The molecule has 4 atom stereocenters. The van der Waals surface area contributed by atoms with Crippen molar-refractivity contribution in [2.45, 2.75) is 65.0 Å². The van der Waals surface area contributed by atoms with E-state index in [1.54, 1.807) is 13.8 Å². The summed E-state index contributed by atoms with van der Waals surface area (Å²) in [6.45, 7) is 7.73. The van der Waals surface area contributed by atoms with Crippen molar-refractivity contribution in [3.8, 4) is 0 Å². The Morgan fingerprint density at radius 2 is 2.06 bits per heavy atom. The largest absolute Gasteiger partial charge is 0.480 e. The quantitative estimate of drug-likeness (QED) is 0.719. The van der Waals surface area contributed by atoms with Gasteiger partial charge < -0.3 is 15.9 Å². The van der Waals surface area contributed by atoms with Crippen LogP contribution in [0.25, 0.3) is 0 Å². The van der Waals surface area contributed by atoms with Gasteiger partial charge in [0.1, 0.15) is 6.04 Å². The minimum atomic E-state index is -0.923. The van der Waals surface area contributed by atoms with Crippen molar-refractivity contribution in [2.24, 2.45) is 23.0 Å². The number of carboxylic acid groups (broad SMARTS) is 1. The third kappa shape index (κ3) is 3.95. The lowest BCUT2D eigenvalue weighted by atomic mass is 9.62.